The predicted molar refractivity (Wildman–Crippen MR) is 80.6 cm³/mol. The van der Waals surface area contributed by atoms with Crippen molar-refractivity contribution in [2.45, 2.75) is 16.6 Å². The molecule has 0 aliphatic heterocycles. The first-order valence-electron chi connectivity index (χ1n) is 6.12. The van der Waals surface area contributed by atoms with Crippen LogP contribution >= 0.6 is 23.2 Å². The number of nitrogens with zero attached hydrogens (tertiary/aromatic N) is 3. The van der Waals surface area contributed by atoms with E-state index < -0.39 is 60.1 Å². The van der Waals surface area contributed by atoms with E-state index in [2.05, 4.69) is 5.10 Å². The van der Waals surface area contributed by atoms with Crippen LogP contribution in [0.4, 0.5) is 32.2 Å². The summed E-state index contributed by atoms with van der Waals surface area (Å²) >= 11 is 11.5. The monoisotopic (exact) mass is 436 g/mol. The molecule has 0 radical (unpaired) electrons. The van der Waals surface area contributed by atoms with Gasteiger partial charge in [0.1, 0.15) is 10.6 Å². The molecule has 2 aromatic rings. The quantitative estimate of drug-likeness (QED) is 0.706. The third kappa shape index (κ3) is 3.60. The summed E-state index contributed by atoms with van der Waals surface area (Å²) in [4.78, 5) is -1.14. The summed E-state index contributed by atoms with van der Waals surface area (Å²) in [6.45, 7) is 0. The lowest BCUT2D eigenvalue weighted by molar-refractivity contribution is -0.137. The zero-order valence-corrected chi connectivity index (χ0v) is 14.2. The van der Waals surface area contributed by atoms with Crippen molar-refractivity contribution in [2.75, 3.05) is 5.73 Å². The zero-order valence-electron chi connectivity index (χ0n) is 11.9. The number of hydrogen-bond donors (Lipinski definition) is 1. The molecule has 0 saturated carbocycles. The van der Waals surface area contributed by atoms with Gasteiger partial charge in [-0.05, 0) is 12.1 Å². The zero-order chi connectivity index (χ0) is 20.0. The Labute approximate surface area is 153 Å². The average Bonchev–Trinajstić information content (AvgIpc) is 2.80. The van der Waals surface area contributed by atoms with E-state index in [0.29, 0.717) is 12.1 Å². The number of hydrogen-bond acceptors (Lipinski definition) is 4. The Hall–Kier alpha value is -1.97. The van der Waals surface area contributed by atoms with Crippen LogP contribution in [0.1, 0.15) is 5.56 Å². The van der Waals surface area contributed by atoms with Crippen LogP contribution in [0.15, 0.2) is 17.0 Å². The molecule has 1 aromatic carbocycles. The van der Waals surface area contributed by atoms with Crippen LogP contribution in [0.3, 0.4) is 0 Å². The molecule has 1 atom stereocenters. The molecule has 0 spiro atoms. The van der Waals surface area contributed by atoms with Crippen molar-refractivity contribution in [1.82, 2.24) is 9.78 Å². The van der Waals surface area contributed by atoms with Gasteiger partial charge in [-0.15, -0.1) is 4.68 Å². The maximum atomic E-state index is 12.9. The molecule has 26 heavy (non-hydrogen) atoms. The molecule has 140 valence electrons. The molecule has 0 aliphatic rings. The lowest BCUT2D eigenvalue weighted by Gasteiger charge is -2.12. The second-order valence-electron chi connectivity index (χ2n) is 4.60. The predicted octanol–water partition coefficient (Wildman–Crippen LogP) is 4.41. The van der Waals surface area contributed by atoms with E-state index >= 15 is 0 Å². The standard InChI is InChI=1S/C12H4Cl2F6N4OS/c13-5-1-4(11(15,16)17)2-6(14)7(5)8-9(26(25)12(18,19)20)10(22)24(3-21)23-8/h1-2H,22H2/t26-/m0/s1. The van der Waals surface area contributed by atoms with E-state index in [4.69, 9.17) is 34.2 Å². The Bertz CT molecular complexity index is 924. The van der Waals surface area contributed by atoms with E-state index in [9.17, 15) is 30.6 Å². The lowest BCUT2D eigenvalue weighted by atomic mass is 10.1. The van der Waals surface area contributed by atoms with Gasteiger partial charge in [-0.3, -0.25) is 0 Å². The maximum Gasteiger partial charge on any atom is 0.476 e. The van der Waals surface area contributed by atoms with Crippen LogP contribution in [-0.4, -0.2) is 19.5 Å². The molecule has 0 amide bonds. The average molecular weight is 437 g/mol. The second-order valence-corrected chi connectivity index (χ2v) is 6.82. The maximum absolute atomic E-state index is 12.9. The molecule has 14 heteroatoms. The number of halogens is 8. The minimum atomic E-state index is -5.28. The Morgan fingerprint density at radius 3 is 2.04 bits per heavy atom. The fourth-order valence-corrected chi connectivity index (χ4v) is 3.41. The Balaban J connectivity index is 2.82. The highest BCUT2D eigenvalue weighted by Gasteiger charge is 2.43. The molecule has 0 saturated heterocycles. The summed E-state index contributed by atoms with van der Waals surface area (Å²) in [7, 11) is -3.74. The van der Waals surface area contributed by atoms with Gasteiger partial charge in [-0.2, -0.15) is 36.7 Å². The SMILES string of the molecule is N#Cn1nc(-c2c(Cl)cc(C(F)(F)F)cc2Cl)c([S@](=O)C(F)(F)F)c1N. The van der Waals surface area contributed by atoms with E-state index in [1.54, 1.807) is 0 Å². The Morgan fingerprint density at radius 1 is 1.15 bits per heavy atom. The largest absolute Gasteiger partial charge is 0.476 e. The van der Waals surface area contributed by atoms with Gasteiger partial charge in [0, 0.05) is 5.56 Å². The number of benzene rings is 1. The molecule has 2 rings (SSSR count). The van der Waals surface area contributed by atoms with Crippen molar-refractivity contribution >= 4 is 39.8 Å². The third-order valence-corrected chi connectivity index (χ3v) is 4.76. The van der Waals surface area contributed by atoms with Crippen molar-refractivity contribution < 1.29 is 30.6 Å². The number of nitrogens with two attached hydrogens (primary N) is 1. The molecular formula is C12H4Cl2F6N4OS. The molecule has 0 aliphatic carbocycles. The Kier molecular flexibility index (Phi) is 5.19. The number of nitriles is 1. The van der Waals surface area contributed by atoms with E-state index in [0.717, 1.165) is 0 Å². The highest BCUT2D eigenvalue weighted by molar-refractivity contribution is 7.86. The third-order valence-electron chi connectivity index (χ3n) is 2.97. The summed E-state index contributed by atoms with van der Waals surface area (Å²) in [6.07, 6.45) is -3.51. The fraction of sp³-hybridized carbons (Fsp3) is 0.167. The van der Waals surface area contributed by atoms with Gasteiger partial charge < -0.3 is 5.73 Å². The highest BCUT2D eigenvalue weighted by atomic mass is 35.5. The number of anilines is 1. The summed E-state index contributed by atoms with van der Waals surface area (Å²) in [5.41, 5.74) is -2.57. The normalized spacial score (nSPS) is 13.5. The highest BCUT2D eigenvalue weighted by Crippen LogP contribution is 2.44. The summed E-state index contributed by atoms with van der Waals surface area (Å²) in [5, 5.41) is 10.9. The number of alkyl halides is 6. The van der Waals surface area contributed by atoms with Gasteiger partial charge in [0.25, 0.3) is 0 Å². The summed E-state index contributed by atoms with van der Waals surface area (Å²) in [5.74, 6) is -0.912. The van der Waals surface area contributed by atoms with Crippen LogP contribution in [-0.2, 0) is 17.0 Å². The van der Waals surface area contributed by atoms with Gasteiger partial charge in [-0.1, -0.05) is 23.2 Å². The van der Waals surface area contributed by atoms with E-state index in [-0.39, 0.29) is 4.68 Å². The number of nitrogen functional groups attached to an aromatic ring is 1. The Morgan fingerprint density at radius 2 is 1.65 bits per heavy atom. The minimum Gasteiger partial charge on any atom is -0.382 e. The van der Waals surface area contributed by atoms with Gasteiger partial charge in [0.05, 0.1) is 15.6 Å². The molecule has 1 aromatic heterocycles. The topological polar surface area (TPSA) is 84.7 Å². The summed E-state index contributed by atoms with van der Waals surface area (Å²) < 4.78 is 88.8. The van der Waals surface area contributed by atoms with E-state index in [1.165, 1.54) is 6.19 Å². The molecule has 0 fully saturated rings. The van der Waals surface area contributed by atoms with Crippen molar-refractivity contribution in [1.29, 1.82) is 5.26 Å². The minimum absolute atomic E-state index is 0.221. The number of rotatable bonds is 2. The van der Waals surface area contributed by atoms with Crippen molar-refractivity contribution in [3.8, 4) is 17.5 Å². The first-order chi connectivity index (χ1) is 11.8. The second kappa shape index (κ2) is 6.64. The van der Waals surface area contributed by atoms with Crippen molar-refractivity contribution in [3.63, 3.8) is 0 Å². The summed E-state index contributed by atoms with van der Waals surface area (Å²) in [6, 6.07) is 0.815. The first-order valence-corrected chi connectivity index (χ1v) is 8.03. The molecule has 1 heterocycles. The van der Waals surface area contributed by atoms with Crippen LogP contribution in [0.25, 0.3) is 11.3 Å². The molecule has 0 bridgehead atoms. The smallest absolute Gasteiger partial charge is 0.382 e. The molecule has 2 N–H and O–H groups in total. The van der Waals surface area contributed by atoms with Crippen molar-refractivity contribution in [3.05, 3.63) is 27.7 Å². The van der Waals surface area contributed by atoms with Crippen LogP contribution < -0.4 is 5.73 Å². The lowest BCUT2D eigenvalue weighted by Crippen LogP contribution is -2.18. The molecule has 5 nitrogen and oxygen atoms in total. The fourth-order valence-electron chi connectivity index (χ4n) is 1.92. The molecule has 0 unspecified atom stereocenters. The van der Waals surface area contributed by atoms with Gasteiger partial charge in [0.2, 0.25) is 6.19 Å². The van der Waals surface area contributed by atoms with Crippen LogP contribution in [0.2, 0.25) is 10.0 Å². The van der Waals surface area contributed by atoms with Gasteiger partial charge >= 0.3 is 11.7 Å². The van der Waals surface area contributed by atoms with Crippen LogP contribution in [0, 0.1) is 11.5 Å². The van der Waals surface area contributed by atoms with E-state index in [1.807, 2.05) is 0 Å². The van der Waals surface area contributed by atoms with Gasteiger partial charge in [0.15, 0.2) is 16.6 Å². The first kappa shape index (κ1) is 20.3. The van der Waals surface area contributed by atoms with Gasteiger partial charge in [-0.25, -0.2) is 4.21 Å². The van der Waals surface area contributed by atoms with Crippen LogP contribution in [0.5, 0.6) is 0 Å². The molecular weight excluding hydrogens is 433 g/mol. The van der Waals surface area contributed by atoms with Crippen molar-refractivity contribution in [2.24, 2.45) is 0 Å². The number of aromatic nitrogens is 2.